The molecule has 0 aliphatic carbocycles. The summed E-state index contributed by atoms with van der Waals surface area (Å²) >= 11 is 0. The van der Waals surface area contributed by atoms with Gasteiger partial charge in [0.1, 0.15) is 0 Å². The van der Waals surface area contributed by atoms with E-state index in [1.54, 1.807) is 30.3 Å². The lowest BCUT2D eigenvalue weighted by Gasteiger charge is -2.00. The van der Waals surface area contributed by atoms with Gasteiger partial charge in [0, 0.05) is 10.8 Å². The quantitative estimate of drug-likeness (QED) is 0.753. The maximum absolute atomic E-state index is 12.2. The Morgan fingerprint density at radius 2 is 1.63 bits per heavy atom. The lowest BCUT2D eigenvalue weighted by Crippen LogP contribution is -1.95. The topological polar surface area (TPSA) is 62.8 Å². The highest BCUT2D eigenvalue weighted by atomic mass is 33.1. The van der Waals surface area contributed by atoms with Crippen molar-refractivity contribution in [2.75, 3.05) is 0 Å². The van der Waals surface area contributed by atoms with Crippen LogP contribution in [0.1, 0.15) is 0 Å². The van der Waals surface area contributed by atoms with Gasteiger partial charge in [-0.3, -0.25) is 0 Å². The summed E-state index contributed by atoms with van der Waals surface area (Å²) in [6.45, 7) is 0. The molecule has 1 N–H and O–H groups in total. The third-order valence-electron chi connectivity index (χ3n) is 2.59. The fourth-order valence-corrected chi connectivity index (χ4v) is 4.27. The van der Waals surface area contributed by atoms with E-state index in [0.29, 0.717) is 5.16 Å². The van der Waals surface area contributed by atoms with Crippen LogP contribution in [-0.4, -0.2) is 18.4 Å². The number of nitrogens with one attached hydrogen (secondary N) is 1. The first-order valence-corrected chi connectivity index (χ1v) is 8.41. The van der Waals surface area contributed by atoms with E-state index in [0.717, 1.165) is 21.8 Å². The molecule has 96 valence electrons. The minimum atomic E-state index is -3.44. The van der Waals surface area contributed by atoms with Crippen molar-refractivity contribution in [3.63, 3.8) is 0 Å². The molecule has 0 aliphatic rings. The van der Waals surface area contributed by atoms with Gasteiger partial charge in [0.15, 0.2) is 5.16 Å². The first-order chi connectivity index (χ1) is 9.15. The third kappa shape index (κ3) is 2.50. The van der Waals surface area contributed by atoms with E-state index in [1.165, 1.54) is 0 Å². The molecule has 2 aromatic carbocycles. The maximum atomic E-state index is 12.2. The molecular weight excluding hydrogens is 280 g/mol. The summed E-state index contributed by atoms with van der Waals surface area (Å²) in [6.07, 6.45) is 0. The molecule has 0 saturated carbocycles. The SMILES string of the molecule is O=S(=O)(Sc1nc2ccccc2[nH]1)c1ccccc1. The second-order valence-corrected chi connectivity index (χ2v) is 7.66. The number of aromatic amines is 1. The number of fused-ring (bicyclic) bond motifs is 1. The van der Waals surface area contributed by atoms with E-state index in [-0.39, 0.29) is 4.90 Å². The molecule has 0 saturated heterocycles. The largest absolute Gasteiger partial charge is 0.332 e. The van der Waals surface area contributed by atoms with Crippen molar-refractivity contribution in [3.8, 4) is 0 Å². The molecule has 0 aliphatic heterocycles. The average Bonchev–Trinajstić information content (AvgIpc) is 2.81. The number of benzene rings is 2. The molecule has 3 rings (SSSR count). The number of rotatable bonds is 3. The molecule has 0 atom stereocenters. The van der Waals surface area contributed by atoms with Crippen molar-refractivity contribution in [2.24, 2.45) is 0 Å². The summed E-state index contributed by atoms with van der Waals surface area (Å²) in [5.74, 6) is 0. The van der Waals surface area contributed by atoms with E-state index in [2.05, 4.69) is 9.97 Å². The second kappa shape index (κ2) is 4.71. The van der Waals surface area contributed by atoms with Gasteiger partial charge in [0.05, 0.1) is 15.9 Å². The van der Waals surface area contributed by atoms with Crippen LogP contribution in [0.15, 0.2) is 64.6 Å². The van der Waals surface area contributed by atoms with Crippen LogP contribution in [0.3, 0.4) is 0 Å². The minimum absolute atomic E-state index is 0.278. The van der Waals surface area contributed by atoms with Gasteiger partial charge < -0.3 is 4.98 Å². The van der Waals surface area contributed by atoms with Crippen molar-refractivity contribution in [2.45, 2.75) is 10.1 Å². The predicted octanol–water partition coefficient (Wildman–Crippen LogP) is 3.04. The summed E-state index contributed by atoms with van der Waals surface area (Å²) < 4.78 is 24.4. The van der Waals surface area contributed by atoms with E-state index >= 15 is 0 Å². The Kier molecular flexibility index (Phi) is 3.04. The standard InChI is InChI=1S/C13H10N2O2S2/c16-19(17,10-6-2-1-3-7-10)18-13-14-11-8-4-5-9-12(11)15-13/h1-9H,(H,14,15). The van der Waals surface area contributed by atoms with Crippen LogP contribution in [0, 0.1) is 0 Å². The first-order valence-electron chi connectivity index (χ1n) is 5.59. The van der Waals surface area contributed by atoms with E-state index in [9.17, 15) is 8.42 Å². The van der Waals surface area contributed by atoms with Crippen molar-refractivity contribution < 1.29 is 8.42 Å². The molecule has 0 fully saturated rings. The predicted molar refractivity (Wildman–Crippen MR) is 75.6 cm³/mol. The normalized spacial score (nSPS) is 11.8. The van der Waals surface area contributed by atoms with Crippen LogP contribution in [-0.2, 0) is 8.87 Å². The molecule has 4 nitrogen and oxygen atoms in total. The molecule has 0 unspecified atom stereocenters. The molecule has 1 heterocycles. The van der Waals surface area contributed by atoms with Crippen LogP contribution in [0.4, 0.5) is 0 Å². The zero-order valence-corrected chi connectivity index (χ0v) is 11.4. The van der Waals surface area contributed by atoms with Crippen molar-refractivity contribution >= 4 is 30.7 Å². The average molecular weight is 290 g/mol. The lowest BCUT2D eigenvalue weighted by molar-refractivity contribution is 0.610. The molecule has 1 aromatic heterocycles. The first kappa shape index (κ1) is 12.3. The van der Waals surface area contributed by atoms with Crippen LogP contribution >= 0.6 is 10.8 Å². The minimum Gasteiger partial charge on any atom is -0.332 e. The molecule has 19 heavy (non-hydrogen) atoms. The Labute approximate surface area is 114 Å². The van der Waals surface area contributed by atoms with E-state index in [1.807, 2.05) is 24.3 Å². The highest BCUT2D eigenvalue weighted by molar-refractivity contribution is 8.72. The smallest absolute Gasteiger partial charge is 0.237 e. The number of nitrogens with zero attached hydrogens (tertiary/aromatic N) is 1. The number of hydrogen-bond acceptors (Lipinski definition) is 4. The Morgan fingerprint density at radius 1 is 0.947 bits per heavy atom. The van der Waals surface area contributed by atoms with Crippen LogP contribution in [0.5, 0.6) is 0 Å². The van der Waals surface area contributed by atoms with E-state index in [4.69, 9.17) is 0 Å². The number of H-pyrrole nitrogens is 1. The lowest BCUT2D eigenvalue weighted by atomic mass is 10.3. The second-order valence-electron chi connectivity index (χ2n) is 3.91. The Morgan fingerprint density at radius 3 is 2.37 bits per heavy atom. The highest BCUT2D eigenvalue weighted by Crippen LogP contribution is 2.29. The van der Waals surface area contributed by atoms with E-state index < -0.39 is 8.87 Å². The third-order valence-corrected chi connectivity index (χ3v) is 5.72. The summed E-state index contributed by atoms with van der Waals surface area (Å²) in [4.78, 5) is 7.52. The number of imidazole rings is 1. The van der Waals surface area contributed by atoms with Gasteiger partial charge >= 0.3 is 0 Å². The molecule has 0 amide bonds. The summed E-state index contributed by atoms with van der Waals surface area (Å²) in [5.41, 5.74) is 1.58. The molecule has 0 bridgehead atoms. The van der Waals surface area contributed by atoms with Crippen molar-refractivity contribution in [3.05, 3.63) is 54.6 Å². The van der Waals surface area contributed by atoms with Crippen molar-refractivity contribution in [1.82, 2.24) is 9.97 Å². The molecule has 0 radical (unpaired) electrons. The summed E-state index contributed by atoms with van der Waals surface area (Å²) in [6, 6.07) is 15.8. The molecule has 6 heteroatoms. The van der Waals surface area contributed by atoms with Gasteiger partial charge in [-0.15, -0.1) is 0 Å². The van der Waals surface area contributed by atoms with Crippen LogP contribution < -0.4 is 0 Å². The summed E-state index contributed by atoms with van der Waals surface area (Å²) in [5, 5.41) is 0.380. The van der Waals surface area contributed by atoms with Gasteiger partial charge in [-0.25, -0.2) is 13.4 Å². The Hall–Kier alpha value is -1.79. The zero-order valence-electron chi connectivity index (χ0n) is 9.78. The highest BCUT2D eigenvalue weighted by Gasteiger charge is 2.18. The zero-order chi connectivity index (χ0) is 13.3. The van der Waals surface area contributed by atoms with Crippen LogP contribution in [0.2, 0.25) is 0 Å². The van der Waals surface area contributed by atoms with Gasteiger partial charge in [-0.1, -0.05) is 30.3 Å². The monoisotopic (exact) mass is 290 g/mol. The number of hydrogen-bond donors (Lipinski definition) is 1. The maximum Gasteiger partial charge on any atom is 0.237 e. The van der Waals surface area contributed by atoms with Gasteiger partial charge in [0.2, 0.25) is 8.87 Å². The Balaban J connectivity index is 1.97. The molecule has 0 spiro atoms. The fraction of sp³-hybridized carbons (Fsp3) is 0. The summed E-state index contributed by atoms with van der Waals surface area (Å²) in [7, 11) is -2.71. The van der Waals surface area contributed by atoms with Crippen molar-refractivity contribution in [1.29, 1.82) is 0 Å². The Bertz CT molecular complexity index is 778. The van der Waals surface area contributed by atoms with Gasteiger partial charge in [0.25, 0.3) is 0 Å². The number of para-hydroxylation sites is 2. The number of aromatic nitrogens is 2. The molecular formula is C13H10N2O2S2. The fourth-order valence-electron chi connectivity index (χ4n) is 1.71. The van der Waals surface area contributed by atoms with Gasteiger partial charge in [-0.2, -0.15) is 0 Å². The molecule has 3 aromatic rings. The van der Waals surface area contributed by atoms with Gasteiger partial charge in [-0.05, 0) is 24.3 Å². The van der Waals surface area contributed by atoms with Crippen LogP contribution in [0.25, 0.3) is 11.0 Å².